The second kappa shape index (κ2) is 6.48. The van der Waals surface area contributed by atoms with Crippen LogP contribution in [0.1, 0.15) is 11.6 Å². The van der Waals surface area contributed by atoms with Gasteiger partial charge in [-0.3, -0.25) is 4.79 Å². The van der Waals surface area contributed by atoms with Crippen LogP contribution in [0.5, 0.6) is 11.5 Å². The number of nitrogens with two attached hydrogens (primary N) is 1. The van der Waals surface area contributed by atoms with E-state index in [0.717, 1.165) is 25.3 Å². The van der Waals surface area contributed by atoms with Gasteiger partial charge in [0.1, 0.15) is 17.5 Å². The topological polar surface area (TPSA) is 81.8 Å². The zero-order valence-electron chi connectivity index (χ0n) is 9.60. The van der Waals surface area contributed by atoms with Gasteiger partial charge in [0.05, 0.1) is 7.11 Å². The van der Waals surface area contributed by atoms with Gasteiger partial charge in [-0.05, 0) is 18.2 Å². The molecule has 19 heavy (non-hydrogen) atoms. The average Bonchev–Trinajstić information content (AvgIpc) is 2.28. The molecule has 0 amide bonds. The van der Waals surface area contributed by atoms with E-state index in [2.05, 4.69) is 9.47 Å². The van der Waals surface area contributed by atoms with Crippen molar-refractivity contribution in [3.63, 3.8) is 0 Å². The number of esters is 1. The summed E-state index contributed by atoms with van der Waals surface area (Å²) in [4.78, 5) is 11.1. The van der Waals surface area contributed by atoms with Crippen molar-refractivity contribution in [1.29, 1.82) is 0 Å². The van der Waals surface area contributed by atoms with E-state index in [-0.39, 0.29) is 18.0 Å². The standard InChI is InChI=1S/C10H10F3NO4.ClH/c1-17-9(16)8(14)6-4-5(2-3-7(6)15)18-10(11,12)13;/h2-4,8,15H,14H2,1H3;1H/t8-;/m1./s1. The first-order valence-corrected chi connectivity index (χ1v) is 4.66. The Morgan fingerprint density at radius 2 is 2.00 bits per heavy atom. The van der Waals surface area contributed by atoms with Gasteiger partial charge in [-0.1, -0.05) is 0 Å². The maximum absolute atomic E-state index is 12.0. The van der Waals surface area contributed by atoms with E-state index in [4.69, 9.17) is 5.73 Å². The van der Waals surface area contributed by atoms with Crippen LogP contribution in [0.2, 0.25) is 0 Å². The second-order valence-corrected chi connectivity index (χ2v) is 3.27. The number of methoxy groups -OCH3 is 1. The molecule has 108 valence electrons. The molecule has 0 bridgehead atoms. The van der Waals surface area contributed by atoms with Crippen LogP contribution < -0.4 is 10.5 Å². The Balaban J connectivity index is 0.00000324. The fraction of sp³-hybridized carbons (Fsp3) is 0.300. The Bertz CT molecular complexity index is 453. The van der Waals surface area contributed by atoms with E-state index < -0.39 is 29.9 Å². The third-order valence-electron chi connectivity index (χ3n) is 2.02. The highest BCUT2D eigenvalue weighted by Gasteiger charge is 2.32. The molecule has 1 rings (SSSR count). The number of phenols is 1. The van der Waals surface area contributed by atoms with Crippen LogP contribution in [0, 0.1) is 0 Å². The van der Waals surface area contributed by atoms with E-state index in [1.807, 2.05) is 0 Å². The Hall–Kier alpha value is -1.67. The monoisotopic (exact) mass is 301 g/mol. The van der Waals surface area contributed by atoms with Crippen molar-refractivity contribution in [3.05, 3.63) is 23.8 Å². The Morgan fingerprint density at radius 1 is 1.42 bits per heavy atom. The van der Waals surface area contributed by atoms with Crippen LogP contribution in [0.25, 0.3) is 0 Å². The molecule has 0 saturated heterocycles. The molecule has 0 aliphatic carbocycles. The molecule has 1 aromatic rings. The zero-order valence-corrected chi connectivity index (χ0v) is 10.4. The lowest BCUT2D eigenvalue weighted by molar-refractivity contribution is -0.274. The minimum absolute atomic E-state index is 0. The number of ether oxygens (including phenoxy) is 2. The molecule has 9 heteroatoms. The summed E-state index contributed by atoms with van der Waals surface area (Å²) in [7, 11) is 1.06. The lowest BCUT2D eigenvalue weighted by atomic mass is 10.1. The molecule has 0 aliphatic rings. The van der Waals surface area contributed by atoms with Gasteiger partial charge in [0, 0.05) is 5.56 Å². The van der Waals surface area contributed by atoms with E-state index in [1.54, 1.807) is 0 Å². The molecule has 0 aromatic heterocycles. The molecule has 0 unspecified atom stereocenters. The fourth-order valence-electron chi connectivity index (χ4n) is 1.23. The van der Waals surface area contributed by atoms with Crippen molar-refractivity contribution in [2.45, 2.75) is 12.4 Å². The molecule has 0 fully saturated rings. The molecule has 0 spiro atoms. The maximum Gasteiger partial charge on any atom is 0.573 e. The maximum atomic E-state index is 12.0. The number of carbonyl (C=O) groups is 1. The summed E-state index contributed by atoms with van der Waals surface area (Å²) in [6.45, 7) is 0. The van der Waals surface area contributed by atoms with Crippen LogP contribution >= 0.6 is 12.4 Å². The summed E-state index contributed by atoms with van der Waals surface area (Å²) in [6, 6.07) is 1.27. The lowest BCUT2D eigenvalue weighted by Crippen LogP contribution is -2.23. The predicted octanol–water partition coefficient (Wildman–Crippen LogP) is 1.89. The summed E-state index contributed by atoms with van der Waals surface area (Å²) in [5.74, 6) is -1.91. The SMILES string of the molecule is COC(=O)[C@H](N)c1cc(OC(F)(F)F)ccc1O.Cl. The van der Waals surface area contributed by atoms with Crippen molar-refractivity contribution >= 4 is 18.4 Å². The van der Waals surface area contributed by atoms with E-state index in [0.29, 0.717) is 0 Å². The van der Waals surface area contributed by atoms with Crippen molar-refractivity contribution in [3.8, 4) is 11.5 Å². The molecule has 0 heterocycles. The van der Waals surface area contributed by atoms with Crippen LogP contribution in [-0.2, 0) is 9.53 Å². The highest BCUT2D eigenvalue weighted by atomic mass is 35.5. The van der Waals surface area contributed by atoms with Gasteiger partial charge in [-0.25, -0.2) is 0 Å². The number of aromatic hydroxyl groups is 1. The number of carbonyl (C=O) groups excluding carboxylic acids is 1. The van der Waals surface area contributed by atoms with Crippen LogP contribution in [-0.4, -0.2) is 24.5 Å². The number of hydrogen-bond acceptors (Lipinski definition) is 5. The normalized spacial score (nSPS) is 12.3. The fourth-order valence-corrected chi connectivity index (χ4v) is 1.23. The third-order valence-corrected chi connectivity index (χ3v) is 2.02. The number of phenolic OH excluding ortho intramolecular Hbond substituents is 1. The third kappa shape index (κ3) is 4.84. The second-order valence-electron chi connectivity index (χ2n) is 3.27. The summed E-state index contributed by atoms with van der Waals surface area (Å²) in [6.07, 6.45) is -4.87. The highest BCUT2D eigenvalue weighted by Crippen LogP contribution is 2.30. The van der Waals surface area contributed by atoms with Crippen molar-refractivity contribution in [2.24, 2.45) is 5.73 Å². The summed E-state index contributed by atoms with van der Waals surface area (Å²) >= 11 is 0. The molecule has 0 radical (unpaired) electrons. The summed E-state index contributed by atoms with van der Waals surface area (Å²) in [5, 5.41) is 9.42. The van der Waals surface area contributed by atoms with E-state index >= 15 is 0 Å². The molecule has 3 N–H and O–H groups in total. The van der Waals surface area contributed by atoms with Gasteiger partial charge in [0.15, 0.2) is 0 Å². The molecule has 1 atom stereocenters. The number of benzene rings is 1. The first-order valence-electron chi connectivity index (χ1n) is 4.66. The van der Waals surface area contributed by atoms with Crippen LogP contribution in [0.4, 0.5) is 13.2 Å². The minimum atomic E-state index is -4.87. The molecular weight excluding hydrogens is 291 g/mol. The van der Waals surface area contributed by atoms with Crippen LogP contribution in [0.3, 0.4) is 0 Å². The molecule has 5 nitrogen and oxygen atoms in total. The largest absolute Gasteiger partial charge is 0.573 e. The smallest absolute Gasteiger partial charge is 0.508 e. The van der Waals surface area contributed by atoms with Gasteiger partial charge in [-0.2, -0.15) is 0 Å². The van der Waals surface area contributed by atoms with E-state index in [1.165, 1.54) is 0 Å². The number of rotatable bonds is 3. The lowest BCUT2D eigenvalue weighted by Gasteiger charge is -2.14. The number of halogens is 4. The zero-order chi connectivity index (χ0) is 13.9. The quantitative estimate of drug-likeness (QED) is 0.833. The molecular formula is C10H11ClF3NO4. The molecule has 0 aliphatic heterocycles. The molecule has 1 aromatic carbocycles. The minimum Gasteiger partial charge on any atom is -0.508 e. The number of hydrogen-bond donors (Lipinski definition) is 2. The van der Waals surface area contributed by atoms with E-state index in [9.17, 15) is 23.1 Å². The van der Waals surface area contributed by atoms with Crippen molar-refractivity contribution < 1.29 is 32.5 Å². The predicted molar refractivity (Wildman–Crippen MR) is 61.0 cm³/mol. The summed E-state index contributed by atoms with van der Waals surface area (Å²) in [5.41, 5.74) is 5.19. The molecule has 0 saturated carbocycles. The average molecular weight is 302 g/mol. The van der Waals surface area contributed by atoms with Crippen LogP contribution in [0.15, 0.2) is 18.2 Å². The Labute approximate surface area is 112 Å². The van der Waals surface area contributed by atoms with Gasteiger partial charge in [0.2, 0.25) is 0 Å². The number of alkyl halides is 3. The highest BCUT2D eigenvalue weighted by molar-refractivity contribution is 5.85. The van der Waals surface area contributed by atoms with Gasteiger partial charge in [-0.15, -0.1) is 25.6 Å². The van der Waals surface area contributed by atoms with Crippen molar-refractivity contribution in [1.82, 2.24) is 0 Å². The summed E-state index contributed by atoms with van der Waals surface area (Å²) < 4.78 is 43.9. The first-order chi connectivity index (χ1) is 8.24. The van der Waals surface area contributed by atoms with Crippen molar-refractivity contribution in [2.75, 3.05) is 7.11 Å². The first kappa shape index (κ1) is 17.3. The van der Waals surface area contributed by atoms with Gasteiger partial charge in [0.25, 0.3) is 0 Å². The van der Waals surface area contributed by atoms with Gasteiger partial charge < -0.3 is 20.3 Å². The van der Waals surface area contributed by atoms with Gasteiger partial charge >= 0.3 is 12.3 Å². The Morgan fingerprint density at radius 3 is 2.47 bits per heavy atom. The Kier molecular flexibility index (Phi) is 5.91.